The molecule has 1 aliphatic rings. The van der Waals surface area contributed by atoms with Gasteiger partial charge in [0.15, 0.2) is 0 Å². The van der Waals surface area contributed by atoms with Crippen LogP contribution < -0.4 is 10.6 Å². The standard InChI is InChI=1S/C17H22FN5O/c1-11(2)16-21-15(17(24)20-13-6-8-19-9-7-13)22-23(16)14-5-3-4-12(18)10-14/h3-5,10-11,13,19H,6-9H2,1-2H3,(H,20,24). The third-order valence-corrected chi connectivity index (χ3v) is 4.08. The molecule has 3 rings (SSSR count). The predicted octanol–water partition coefficient (Wildman–Crippen LogP) is 2.01. The van der Waals surface area contributed by atoms with Gasteiger partial charge in [-0.3, -0.25) is 4.79 Å². The molecule has 0 bridgehead atoms. The fraction of sp³-hybridized carbons (Fsp3) is 0.471. The van der Waals surface area contributed by atoms with E-state index in [2.05, 4.69) is 20.7 Å². The van der Waals surface area contributed by atoms with E-state index in [1.165, 1.54) is 12.1 Å². The lowest BCUT2D eigenvalue weighted by Crippen LogP contribution is -2.43. The quantitative estimate of drug-likeness (QED) is 0.899. The van der Waals surface area contributed by atoms with Crippen molar-refractivity contribution in [1.82, 2.24) is 25.4 Å². The zero-order valence-electron chi connectivity index (χ0n) is 13.9. The maximum atomic E-state index is 13.5. The summed E-state index contributed by atoms with van der Waals surface area (Å²) in [6.45, 7) is 5.73. The van der Waals surface area contributed by atoms with Gasteiger partial charge in [-0.1, -0.05) is 19.9 Å². The number of hydrogen-bond donors (Lipinski definition) is 2. The Kier molecular flexibility index (Phi) is 4.89. The molecule has 1 aromatic carbocycles. The third-order valence-electron chi connectivity index (χ3n) is 4.08. The molecule has 2 N–H and O–H groups in total. The SMILES string of the molecule is CC(C)c1nc(C(=O)NC2CCNCC2)nn1-c1cccc(F)c1. The Labute approximate surface area is 140 Å². The number of carbonyl (C=O) groups is 1. The topological polar surface area (TPSA) is 71.8 Å². The number of benzene rings is 1. The van der Waals surface area contributed by atoms with E-state index in [1.807, 2.05) is 13.8 Å². The first-order valence-electron chi connectivity index (χ1n) is 8.29. The van der Waals surface area contributed by atoms with Crippen LogP contribution in [0.2, 0.25) is 0 Å². The molecule has 0 saturated carbocycles. The van der Waals surface area contributed by atoms with Crippen molar-refractivity contribution in [3.63, 3.8) is 0 Å². The van der Waals surface area contributed by atoms with Gasteiger partial charge >= 0.3 is 0 Å². The number of halogens is 1. The highest BCUT2D eigenvalue weighted by atomic mass is 19.1. The van der Waals surface area contributed by atoms with Crippen LogP contribution in [0.5, 0.6) is 0 Å². The van der Waals surface area contributed by atoms with Crippen molar-refractivity contribution in [1.29, 1.82) is 0 Å². The maximum Gasteiger partial charge on any atom is 0.291 e. The van der Waals surface area contributed by atoms with Gasteiger partial charge in [0, 0.05) is 12.0 Å². The second-order valence-electron chi connectivity index (χ2n) is 6.34. The molecule has 6 nitrogen and oxygen atoms in total. The number of nitrogens with zero attached hydrogens (tertiary/aromatic N) is 3. The molecule has 2 aromatic rings. The van der Waals surface area contributed by atoms with E-state index < -0.39 is 0 Å². The van der Waals surface area contributed by atoms with E-state index in [4.69, 9.17) is 0 Å². The summed E-state index contributed by atoms with van der Waals surface area (Å²) >= 11 is 0. The highest BCUT2D eigenvalue weighted by Gasteiger charge is 2.22. The van der Waals surface area contributed by atoms with Crippen LogP contribution in [0.1, 0.15) is 49.1 Å². The number of carbonyl (C=O) groups excluding carboxylic acids is 1. The predicted molar refractivity (Wildman–Crippen MR) is 88.8 cm³/mol. The average molecular weight is 331 g/mol. The van der Waals surface area contributed by atoms with E-state index in [0.29, 0.717) is 11.5 Å². The summed E-state index contributed by atoms with van der Waals surface area (Å²) in [5.41, 5.74) is 0.562. The first kappa shape index (κ1) is 16.6. The number of piperidine rings is 1. The molecule has 0 atom stereocenters. The maximum absolute atomic E-state index is 13.5. The van der Waals surface area contributed by atoms with Crippen LogP contribution in [0.4, 0.5) is 4.39 Å². The highest BCUT2D eigenvalue weighted by Crippen LogP contribution is 2.18. The van der Waals surface area contributed by atoms with Crippen molar-refractivity contribution < 1.29 is 9.18 Å². The van der Waals surface area contributed by atoms with E-state index >= 15 is 0 Å². The van der Waals surface area contributed by atoms with Gasteiger partial charge in [-0.15, -0.1) is 5.10 Å². The number of rotatable bonds is 4. The average Bonchev–Trinajstić information content (AvgIpc) is 3.01. The van der Waals surface area contributed by atoms with Crippen LogP contribution in [-0.4, -0.2) is 39.8 Å². The minimum atomic E-state index is -0.349. The molecule has 1 aliphatic heterocycles. The zero-order valence-corrected chi connectivity index (χ0v) is 13.9. The molecular weight excluding hydrogens is 309 g/mol. The Morgan fingerprint density at radius 2 is 2.12 bits per heavy atom. The van der Waals surface area contributed by atoms with E-state index in [9.17, 15) is 9.18 Å². The third kappa shape index (κ3) is 3.62. The molecule has 0 aliphatic carbocycles. The van der Waals surface area contributed by atoms with Crippen molar-refractivity contribution in [2.75, 3.05) is 13.1 Å². The number of hydrogen-bond acceptors (Lipinski definition) is 4. The van der Waals surface area contributed by atoms with Crippen molar-refractivity contribution >= 4 is 5.91 Å². The lowest BCUT2D eigenvalue weighted by Gasteiger charge is -2.22. The smallest absolute Gasteiger partial charge is 0.291 e. The molecule has 2 heterocycles. The summed E-state index contributed by atoms with van der Waals surface area (Å²) in [7, 11) is 0. The van der Waals surface area contributed by atoms with Gasteiger partial charge in [0.05, 0.1) is 5.69 Å². The molecule has 1 amide bonds. The molecule has 7 heteroatoms. The molecule has 0 radical (unpaired) electrons. The molecule has 1 saturated heterocycles. The first-order chi connectivity index (χ1) is 11.5. The molecule has 0 unspecified atom stereocenters. The van der Waals surface area contributed by atoms with Crippen LogP contribution in [0.15, 0.2) is 24.3 Å². The number of nitrogens with one attached hydrogen (secondary N) is 2. The minimum absolute atomic E-state index is 0.0567. The van der Waals surface area contributed by atoms with Gasteiger partial charge in [-0.2, -0.15) is 0 Å². The largest absolute Gasteiger partial charge is 0.346 e. The lowest BCUT2D eigenvalue weighted by atomic mass is 10.1. The molecule has 0 spiro atoms. The Morgan fingerprint density at radius 3 is 2.79 bits per heavy atom. The highest BCUT2D eigenvalue weighted by molar-refractivity contribution is 5.90. The van der Waals surface area contributed by atoms with Crippen molar-refractivity contribution in [2.24, 2.45) is 0 Å². The van der Waals surface area contributed by atoms with Crippen molar-refractivity contribution in [2.45, 2.75) is 38.6 Å². The number of aromatic nitrogens is 3. The Morgan fingerprint density at radius 1 is 1.38 bits per heavy atom. The summed E-state index contributed by atoms with van der Waals surface area (Å²) in [6.07, 6.45) is 1.79. The van der Waals surface area contributed by atoms with E-state index in [1.54, 1.807) is 16.8 Å². The van der Waals surface area contributed by atoms with Crippen LogP contribution >= 0.6 is 0 Å². The summed E-state index contributed by atoms with van der Waals surface area (Å²) in [6, 6.07) is 6.26. The molecule has 24 heavy (non-hydrogen) atoms. The number of amides is 1. The van der Waals surface area contributed by atoms with Gasteiger partial charge in [0.2, 0.25) is 5.82 Å². The van der Waals surface area contributed by atoms with Gasteiger partial charge in [-0.05, 0) is 44.1 Å². The molecule has 128 valence electrons. The van der Waals surface area contributed by atoms with Gasteiger partial charge in [-0.25, -0.2) is 14.1 Å². The molecule has 1 aromatic heterocycles. The zero-order chi connectivity index (χ0) is 17.1. The fourth-order valence-electron chi connectivity index (χ4n) is 2.81. The van der Waals surface area contributed by atoms with Gasteiger partial charge < -0.3 is 10.6 Å². The summed E-state index contributed by atoms with van der Waals surface area (Å²) in [5, 5.41) is 10.6. The van der Waals surface area contributed by atoms with E-state index in [0.717, 1.165) is 25.9 Å². The minimum Gasteiger partial charge on any atom is -0.346 e. The lowest BCUT2D eigenvalue weighted by molar-refractivity contribution is 0.0919. The second-order valence-corrected chi connectivity index (χ2v) is 6.34. The Bertz CT molecular complexity index is 722. The van der Waals surface area contributed by atoms with Crippen LogP contribution in [0.25, 0.3) is 5.69 Å². The summed E-state index contributed by atoms with van der Waals surface area (Å²) < 4.78 is 15.1. The molecular formula is C17H22FN5O. The van der Waals surface area contributed by atoms with Crippen molar-refractivity contribution in [3.8, 4) is 5.69 Å². The van der Waals surface area contributed by atoms with E-state index in [-0.39, 0.29) is 29.5 Å². The Hall–Kier alpha value is -2.28. The monoisotopic (exact) mass is 331 g/mol. The van der Waals surface area contributed by atoms with Crippen molar-refractivity contribution in [3.05, 3.63) is 41.7 Å². The van der Waals surface area contributed by atoms with Crippen LogP contribution in [-0.2, 0) is 0 Å². The summed E-state index contributed by atoms with van der Waals surface area (Å²) in [4.78, 5) is 16.8. The Balaban J connectivity index is 1.86. The fourth-order valence-corrected chi connectivity index (χ4v) is 2.81. The van der Waals surface area contributed by atoms with Crippen LogP contribution in [0.3, 0.4) is 0 Å². The second kappa shape index (κ2) is 7.09. The van der Waals surface area contributed by atoms with Gasteiger partial charge in [0.25, 0.3) is 5.91 Å². The first-order valence-corrected chi connectivity index (χ1v) is 8.29. The normalized spacial score (nSPS) is 15.7. The molecule has 1 fully saturated rings. The summed E-state index contributed by atoms with van der Waals surface area (Å²) in [5.74, 6) is 0.191. The van der Waals surface area contributed by atoms with Crippen LogP contribution in [0, 0.1) is 5.82 Å². The van der Waals surface area contributed by atoms with Gasteiger partial charge in [0.1, 0.15) is 11.6 Å².